The molecule has 0 N–H and O–H groups in total. The van der Waals surface area contributed by atoms with E-state index in [1.54, 1.807) is 7.05 Å². The molecule has 0 spiro atoms. The zero-order valence-electron chi connectivity index (χ0n) is 8.60. The van der Waals surface area contributed by atoms with Crippen LogP contribution < -0.4 is 11.2 Å². The van der Waals surface area contributed by atoms with Crippen molar-refractivity contribution in [1.82, 2.24) is 9.13 Å². The van der Waals surface area contributed by atoms with Crippen LogP contribution in [0.5, 0.6) is 0 Å². The Labute approximate surface area is 86.2 Å². The summed E-state index contributed by atoms with van der Waals surface area (Å²) in [6.07, 6.45) is 0.747. The Morgan fingerprint density at radius 2 is 2.07 bits per heavy atom. The van der Waals surface area contributed by atoms with Crippen LogP contribution in [0, 0.1) is 17.2 Å². The second kappa shape index (κ2) is 3.09. The molecule has 0 aliphatic heterocycles. The number of nitrogens with zero attached hydrogens (tertiary/aromatic N) is 3. The molecule has 1 saturated carbocycles. The molecule has 1 heterocycles. The molecule has 1 aliphatic rings. The first-order chi connectivity index (χ1) is 7.06. The predicted octanol–water partition coefficient (Wildman–Crippen LogP) is -0.289. The van der Waals surface area contributed by atoms with E-state index < -0.39 is 0 Å². The highest BCUT2D eigenvalue weighted by Crippen LogP contribution is 2.45. The molecule has 5 heteroatoms. The van der Waals surface area contributed by atoms with E-state index in [2.05, 4.69) is 6.07 Å². The monoisotopic (exact) mass is 205 g/mol. The van der Waals surface area contributed by atoms with E-state index in [4.69, 9.17) is 5.26 Å². The van der Waals surface area contributed by atoms with Crippen molar-refractivity contribution in [3.63, 3.8) is 0 Å². The molecule has 2 atom stereocenters. The van der Waals surface area contributed by atoms with Crippen LogP contribution in [0.1, 0.15) is 18.0 Å². The van der Waals surface area contributed by atoms with Crippen LogP contribution in [0.4, 0.5) is 0 Å². The molecule has 0 amide bonds. The third-order valence-electron chi connectivity index (χ3n) is 2.90. The van der Waals surface area contributed by atoms with E-state index >= 15 is 0 Å². The molecule has 1 aromatic heterocycles. The molecule has 0 unspecified atom stereocenters. The van der Waals surface area contributed by atoms with Crippen LogP contribution in [0.3, 0.4) is 0 Å². The Morgan fingerprint density at radius 1 is 1.40 bits per heavy atom. The molecule has 78 valence electrons. The van der Waals surface area contributed by atoms with E-state index in [9.17, 15) is 9.59 Å². The van der Waals surface area contributed by atoms with Crippen LogP contribution in [0.15, 0.2) is 15.7 Å². The van der Waals surface area contributed by atoms with Gasteiger partial charge < -0.3 is 4.57 Å². The molecule has 1 aliphatic carbocycles. The highest BCUT2D eigenvalue weighted by atomic mass is 16.2. The third kappa shape index (κ3) is 1.38. The third-order valence-corrected chi connectivity index (χ3v) is 2.90. The summed E-state index contributed by atoms with van der Waals surface area (Å²) in [6, 6.07) is 3.59. The first kappa shape index (κ1) is 9.71. The van der Waals surface area contributed by atoms with Gasteiger partial charge in [-0.25, -0.2) is 4.79 Å². The highest BCUT2D eigenvalue weighted by molar-refractivity contribution is 5.22. The quantitative estimate of drug-likeness (QED) is 0.632. The van der Waals surface area contributed by atoms with Gasteiger partial charge in [0.15, 0.2) is 0 Å². The molecule has 1 aromatic rings. The molecule has 0 saturated heterocycles. The van der Waals surface area contributed by atoms with Crippen molar-refractivity contribution in [3.05, 3.63) is 32.6 Å². The molecule has 1 fully saturated rings. The van der Waals surface area contributed by atoms with Crippen molar-refractivity contribution in [2.45, 2.75) is 12.3 Å². The fraction of sp³-hybridized carbons (Fsp3) is 0.500. The second-order valence-corrected chi connectivity index (χ2v) is 3.89. The number of hydrogen-bond donors (Lipinski definition) is 0. The van der Waals surface area contributed by atoms with E-state index in [-0.39, 0.29) is 23.1 Å². The minimum Gasteiger partial charge on any atom is -0.300 e. The molecule has 0 radical (unpaired) electrons. The summed E-state index contributed by atoms with van der Waals surface area (Å²) < 4.78 is 2.51. The highest BCUT2D eigenvalue weighted by Gasteiger charge is 2.40. The molecule has 2 rings (SSSR count). The van der Waals surface area contributed by atoms with Crippen molar-refractivity contribution in [2.75, 3.05) is 0 Å². The Balaban J connectivity index is 2.57. The van der Waals surface area contributed by atoms with E-state index in [0.29, 0.717) is 5.69 Å². The summed E-state index contributed by atoms with van der Waals surface area (Å²) in [4.78, 5) is 23.0. The summed E-state index contributed by atoms with van der Waals surface area (Å²) >= 11 is 0. The molecule has 15 heavy (non-hydrogen) atoms. The minimum absolute atomic E-state index is 0.0392. The van der Waals surface area contributed by atoms with E-state index in [1.165, 1.54) is 17.7 Å². The van der Waals surface area contributed by atoms with Gasteiger partial charge in [-0.05, 0) is 6.42 Å². The zero-order valence-corrected chi connectivity index (χ0v) is 8.60. The van der Waals surface area contributed by atoms with Crippen molar-refractivity contribution in [3.8, 4) is 6.07 Å². The van der Waals surface area contributed by atoms with Gasteiger partial charge in [0.1, 0.15) is 0 Å². The Hall–Kier alpha value is -1.83. The van der Waals surface area contributed by atoms with Gasteiger partial charge in [0.2, 0.25) is 0 Å². The fourth-order valence-electron chi connectivity index (χ4n) is 1.77. The van der Waals surface area contributed by atoms with Gasteiger partial charge in [0, 0.05) is 31.8 Å². The Bertz CT molecular complexity index is 562. The molecule has 0 bridgehead atoms. The maximum absolute atomic E-state index is 11.6. The second-order valence-electron chi connectivity index (χ2n) is 3.89. The lowest BCUT2D eigenvalue weighted by atomic mass is 10.2. The maximum atomic E-state index is 11.6. The van der Waals surface area contributed by atoms with Gasteiger partial charge in [0.25, 0.3) is 5.56 Å². The average molecular weight is 205 g/mol. The number of aromatic nitrogens is 2. The van der Waals surface area contributed by atoms with Gasteiger partial charge in [0.05, 0.1) is 12.0 Å². The van der Waals surface area contributed by atoms with Gasteiger partial charge in [-0.3, -0.25) is 9.36 Å². The van der Waals surface area contributed by atoms with Crippen molar-refractivity contribution in [2.24, 2.45) is 20.0 Å². The molecule has 5 nitrogen and oxygen atoms in total. The minimum atomic E-state index is -0.332. The van der Waals surface area contributed by atoms with Gasteiger partial charge in [-0.15, -0.1) is 0 Å². The molecular weight excluding hydrogens is 194 g/mol. The first-order valence-corrected chi connectivity index (χ1v) is 4.73. The fourth-order valence-corrected chi connectivity index (χ4v) is 1.77. The van der Waals surface area contributed by atoms with E-state index in [0.717, 1.165) is 11.0 Å². The van der Waals surface area contributed by atoms with Crippen LogP contribution in [-0.4, -0.2) is 9.13 Å². The normalized spacial score (nSPS) is 23.5. The van der Waals surface area contributed by atoms with Crippen molar-refractivity contribution >= 4 is 0 Å². The van der Waals surface area contributed by atoms with Gasteiger partial charge >= 0.3 is 5.69 Å². The smallest absolute Gasteiger partial charge is 0.300 e. The van der Waals surface area contributed by atoms with Gasteiger partial charge in [-0.1, -0.05) is 0 Å². The summed E-state index contributed by atoms with van der Waals surface area (Å²) in [7, 11) is 3.08. The summed E-state index contributed by atoms with van der Waals surface area (Å²) in [5.74, 6) is 0.0179. The van der Waals surface area contributed by atoms with E-state index in [1.807, 2.05) is 0 Å². The zero-order chi connectivity index (χ0) is 11.2. The van der Waals surface area contributed by atoms with Crippen LogP contribution in [0.25, 0.3) is 0 Å². The SMILES string of the molecule is Cn1c([C@@H]2C[C@@H]2C#N)cc(=O)n(C)c1=O. The molecule has 0 aromatic carbocycles. The lowest BCUT2D eigenvalue weighted by Gasteiger charge is -2.07. The van der Waals surface area contributed by atoms with Crippen LogP contribution >= 0.6 is 0 Å². The Morgan fingerprint density at radius 3 is 2.60 bits per heavy atom. The first-order valence-electron chi connectivity index (χ1n) is 4.73. The largest absolute Gasteiger partial charge is 0.330 e. The van der Waals surface area contributed by atoms with Crippen molar-refractivity contribution in [1.29, 1.82) is 5.26 Å². The summed E-state index contributed by atoms with van der Waals surface area (Å²) in [5, 5.41) is 8.70. The summed E-state index contributed by atoms with van der Waals surface area (Å²) in [5.41, 5.74) is 0.0347. The maximum Gasteiger partial charge on any atom is 0.330 e. The topological polar surface area (TPSA) is 67.8 Å². The average Bonchev–Trinajstić information content (AvgIpc) is 2.99. The lowest BCUT2D eigenvalue weighted by Crippen LogP contribution is -2.37. The standard InChI is InChI=1S/C10H11N3O2/c1-12-8(7-3-6(7)5-11)4-9(14)13(2)10(12)15/h4,6-7H,3H2,1-2H3/t6-,7-/m1/s1. The van der Waals surface area contributed by atoms with Gasteiger partial charge in [-0.2, -0.15) is 5.26 Å². The van der Waals surface area contributed by atoms with Crippen LogP contribution in [0.2, 0.25) is 0 Å². The predicted molar refractivity (Wildman–Crippen MR) is 53.4 cm³/mol. The number of rotatable bonds is 1. The summed E-state index contributed by atoms with van der Waals surface area (Å²) in [6.45, 7) is 0. The number of hydrogen-bond acceptors (Lipinski definition) is 3. The van der Waals surface area contributed by atoms with Crippen LogP contribution in [-0.2, 0) is 14.1 Å². The number of nitriles is 1. The van der Waals surface area contributed by atoms with Crippen molar-refractivity contribution < 1.29 is 0 Å². The molecular formula is C10H11N3O2. The lowest BCUT2D eigenvalue weighted by molar-refractivity contribution is 0.647. The Kier molecular flexibility index (Phi) is 2.00.